The molecule has 1 rings (SSSR count). The molecule has 1 aromatic carbocycles. The molecule has 1 N–H and O–H groups in total. The average Bonchev–Trinajstić information content (AvgIpc) is 2.29. The number of rotatable bonds is 6. The van der Waals surface area contributed by atoms with E-state index in [9.17, 15) is 9.90 Å². The Hall–Kier alpha value is -1.51. The number of ketones is 1. The van der Waals surface area contributed by atoms with Crippen LogP contribution in [0.1, 0.15) is 49.5 Å². The fourth-order valence-corrected chi connectivity index (χ4v) is 1.74. The molecule has 0 aliphatic rings. The van der Waals surface area contributed by atoms with E-state index in [0.717, 1.165) is 18.4 Å². The molecule has 0 saturated heterocycles. The van der Waals surface area contributed by atoms with E-state index in [4.69, 9.17) is 4.74 Å². The molecule has 0 aromatic heterocycles. The lowest BCUT2D eigenvalue weighted by Gasteiger charge is -2.14. The molecule has 3 heteroatoms. The van der Waals surface area contributed by atoms with Crippen LogP contribution in [0.5, 0.6) is 11.5 Å². The molecule has 1 aromatic rings. The summed E-state index contributed by atoms with van der Waals surface area (Å²) in [6.45, 7) is 6.14. The number of hydrogen-bond acceptors (Lipinski definition) is 3. The van der Waals surface area contributed by atoms with Gasteiger partial charge in [-0.05, 0) is 31.9 Å². The van der Waals surface area contributed by atoms with Crippen LogP contribution in [0.25, 0.3) is 0 Å². The van der Waals surface area contributed by atoms with Crippen molar-refractivity contribution in [1.82, 2.24) is 0 Å². The largest absolute Gasteiger partial charge is 0.507 e. The van der Waals surface area contributed by atoms with E-state index in [1.54, 1.807) is 12.1 Å². The van der Waals surface area contributed by atoms with E-state index < -0.39 is 0 Å². The Balaban J connectivity index is 3.14. The highest BCUT2D eigenvalue weighted by Gasteiger charge is 2.15. The number of hydrogen-bond donors (Lipinski definition) is 1. The van der Waals surface area contributed by atoms with Gasteiger partial charge < -0.3 is 9.84 Å². The highest BCUT2D eigenvalue weighted by atomic mass is 16.5. The van der Waals surface area contributed by atoms with Crippen molar-refractivity contribution in [3.05, 3.63) is 23.3 Å². The molecule has 0 amide bonds. The molecule has 0 atom stereocenters. The number of carbonyl (C=O) groups excluding carboxylic acids is 1. The third-order valence-electron chi connectivity index (χ3n) is 2.58. The molecule has 17 heavy (non-hydrogen) atoms. The molecule has 0 spiro atoms. The molecule has 0 aliphatic carbocycles. The van der Waals surface area contributed by atoms with Crippen molar-refractivity contribution in [2.24, 2.45) is 0 Å². The van der Waals surface area contributed by atoms with E-state index >= 15 is 0 Å². The normalized spacial score (nSPS) is 10.3. The third-order valence-corrected chi connectivity index (χ3v) is 2.58. The summed E-state index contributed by atoms with van der Waals surface area (Å²) >= 11 is 0. The molecule has 0 saturated carbocycles. The molecule has 0 unspecified atom stereocenters. The van der Waals surface area contributed by atoms with Gasteiger partial charge in [-0.25, -0.2) is 0 Å². The predicted octanol–water partition coefficient (Wildman–Crippen LogP) is 3.34. The quantitative estimate of drug-likeness (QED) is 0.770. The number of ether oxygens (including phenoxy) is 1. The average molecular weight is 236 g/mol. The van der Waals surface area contributed by atoms with Crippen molar-refractivity contribution in [2.75, 3.05) is 6.61 Å². The molecular weight excluding hydrogens is 216 g/mol. The first kappa shape index (κ1) is 13.6. The van der Waals surface area contributed by atoms with Crippen LogP contribution in [0, 0.1) is 0 Å². The second-order valence-corrected chi connectivity index (χ2v) is 4.09. The Bertz CT molecular complexity index is 397. The molecule has 0 fully saturated rings. The maximum absolute atomic E-state index is 11.3. The smallest absolute Gasteiger partial charge is 0.163 e. The van der Waals surface area contributed by atoms with Gasteiger partial charge in [0.1, 0.15) is 11.5 Å². The van der Waals surface area contributed by atoms with Crippen LogP contribution in [-0.2, 0) is 6.42 Å². The highest BCUT2D eigenvalue weighted by molar-refractivity contribution is 5.97. The van der Waals surface area contributed by atoms with Gasteiger partial charge in [0.2, 0.25) is 0 Å². The van der Waals surface area contributed by atoms with Crippen molar-refractivity contribution in [2.45, 2.75) is 40.0 Å². The van der Waals surface area contributed by atoms with Gasteiger partial charge in [0.05, 0.1) is 12.2 Å². The fraction of sp³-hybridized carbons (Fsp3) is 0.500. The lowest BCUT2D eigenvalue weighted by molar-refractivity contribution is 0.101. The summed E-state index contributed by atoms with van der Waals surface area (Å²) < 4.78 is 5.58. The van der Waals surface area contributed by atoms with Gasteiger partial charge in [-0.3, -0.25) is 4.79 Å². The Morgan fingerprint density at radius 2 is 2.00 bits per heavy atom. The SMILES string of the molecule is CCCOc1ccc(C(C)=O)c(O)c1CCC. The first-order valence-electron chi connectivity index (χ1n) is 6.10. The number of phenolic OH excluding ortho intramolecular Hbond substituents is 1. The third kappa shape index (κ3) is 3.22. The van der Waals surface area contributed by atoms with Gasteiger partial charge in [0.25, 0.3) is 0 Å². The molecule has 0 aliphatic heterocycles. The maximum atomic E-state index is 11.3. The number of carbonyl (C=O) groups is 1. The standard InChI is InChI=1S/C14H20O3/c1-4-6-12-13(17-9-5-2)8-7-11(10(3)15)14(12)16/h7-8,16H,4-6,9H2,1-3H3. The topological polar surface area (TPSA) is 46.5 Å². The van der Waals surface area contributed by atoms with Crippen molar-refractivity contribution >= 4 is 5.78 Å². The molecule has 0 heterocycles. The van der Waals surface area contributed by atoms with Crippen LogP contribution in [0.3, 0.4) is 0 Å². The van der Waals surface area contributed by atoms with Gasteiger partial charge in [0.15, 0.2) is 5.78 Å². The van der Waals surface area contributed by atoms with Crippen LogP contribution in [0.15, 0.2) is 12.1 Å². The van der Waals surface area contributed by atoms with Crippen molar-refractivity contribution in [3.63, 3.8) is 0 Å². The lowest BCUT2D eigenvalue weighted by atomic mass is 10.0. The first-order valence-corrected chi connectivity index (χ1v) is 6.10. The van der Waals surface area contributed by atoms with Gasteiger partial charge in [-0.1, -0.05) is 20.3 Å². The number of Topliss-reactive ketones (excluding diaryl/α,β-unsaturated/α-hetero) is 1. The van der Waals surface area contributed by atoms with Gasteiger partial charge >= 0.3 is 0 Å². The van der Waals surface area contributed by atoms with Crippen molar-refractivity contribution in [3.8, 4) is 11.5 Å². The summed E-state index contributed by atoms with van der Waals surface area (Å²) in [5.41, 5.74) is 1.12. The Morgan fingerprint density at radius 3 is 2.53 bits per heavy atom. The highest BCUT2D eigenvalue weighted by Crippen LogP contribution is 2.32. The molecular formula is C14H20O3. The minimum atomic E-state index is -0.123. The zero-order chi connectivity index (χ0) is 12.8. The summed E-state index contributed by atoms with van der Waals surface area (Å²) in [5, 5.41) is 10.1. The minimum absolute atomic E-state index is 0.0768. The Morgan fingerprint density at radius 1 is 1.29 bits per heavy atom. The molecule has 0 bridgehead atoms. The van der Waals surface area contributed by atoms with Crippen LogP contribution in [-0.4, -0.2) is 17.5 Å². The second kappa shape index (κ2) is 6.28. The monoisotopic (exact) mass is 236 g/mol. The fourth-order valence-electron chi connectivity index (χ4n) is 1.74. The van der Waals surface area contributed by atoms with Gasteiger partial charge in [-0.15, -0.1) is 0 Å². The van der Waals surface area contributed by atoms with E-state index in [1.165, 1.54) is 6.92 Å². The second-order valence-electron chi connectivity index (χ2n) is 4.09. The zero-order valence-electron chi connectivity index (χ0n) is 10.7. The van der Waals surface area contributed by atoms with Gasteiger partial charge in [0, 0.05) is 5.56 Å². The van der Waals surface area contributed by atoms with Crippen LogP contribution >= 0.6 is 0 Å². The summed E-state index contributed by atoms with van der Waals surface area (Å²) in [6, 6.07) is 3.40. The van der Waals surface area contributed by atoms with Crippen LogP contribution in [0.2, 0.25) is 0 Å². The lowest BCUT2D eigenvalue weighted by Crippen LogP contribution is -2.02. The number of aromatic hydroxyl groups is 1. The van der Waals surface area contributed by atoms with Crippen LogP contribution < -0.4 is 4.74 Å². The van der Waals surface area contributed by atoms with Crippen molar-refractivity contribution in [1.29, 1.82) is 0 Å². The summed E-state index contributed by atoms with van der Waals surface area (Å²) in [5.74, 6) is 0.644. The molecule has 3 nitrogen and oxygen atoms in total. The number of phenols is 1. The van der Waals surface area contributed by atoms with E-state index in [0.29, 0.717) is 24.3 Å². The van der Waals surface area contributed by atoms with Gasteiger partial charge in [-0.2, -0.15) is 0 Å². The van der Waals surface area contributed by atoms with Crippen LogP contribution in [0.4, 0.5) is 0 Å². The minimum Gasteiger partial charge on any atom is -0.507 e. The summed E-state index contributed by atoms with van der Waals surface area (Å²) in [4.78, 5) is 11.3. The predicted molar refractivity (Wildman–Crippen MR) is 67.9 cm³/mol. The summed E-state index contributed by atoms with van der Waals surface area (Å²) in [7, 11) is 0. The maximum Gasteiger partial charge on any atom is 0.163 e. The van der Waals surface area contributed by atoms with E-state index in [2.05, 4.69) is 0 Å². The first-order chi connectivity index (χ1) is 8.11. The number of benzene rings is 1. The Kier molecular flexibility index (Phi) is 5.01. The molecule has 0 radical (unpaired) electrons. The Labute approximate surface area is 102 Å². The molecule has 94 valence electrons. The summed E-state index contributed by atoms with van der Waals surface area (Å²) in [6.07, 6.45) is 2.53. The van der Waals surface area contributed by atoms with E-state index in [1.807, 2.05) is 13.8 Å². The van der Waals surface area contributed by atoms with E-state index in [-0.39, 0.29) is 11.5 Å². The van der Waals surface area contributed by atoms with Crippen molar-refractivity contribution < 1.29 is 14.6 Å². The zero-order valence-corrected chi connectivity index (χ0v) is 10.7.